The molecule has 0 amide bonds. The lowest BCUT2D eigenvalue weighted by Gasteiger charge is -2.18. The number of ketones is 3. The van der Waals surface area contributed by atoms with E-state index in [1.165, 1.54) is 6.07 Å². The van der Waals surface area contributed by atoms with E-state index >= 15 is 0 Å². The predicted octanol–water partition coefficient (Wildman–Crippen LogP) is 1.54. The first-order valence-corrected chi connectivity index (χ1v) is 6.57. The third kappa shape index (κ3) is 3.04. The van der Waals surface area contributed by atoms with Crippen LogP contribution in [0.5, 0.6) is 11.5 Å². The molecule has 1 aromatic carbocycles. The zero-order valence-electron chi connectivity index (χ0n) is 11.0. The molecule has 0 bridgehead atoms. The number of Topliss-reactive ketones (excluding diaryl/α,β-unsaturated/α-hetero) is 3. The average Bonchev–Trinajstić information content (AvgIpc) is 2.43. The van der Waals surface area contributed by atoms with E-state index in [4.69, 9.17) is 0 Å². The molecular formula is C15H16O5. The van der Waals surface area contributed by atoms with Crippen molar-refractivity contribution in [3.8, 4) is 11.5 Å². The molecule has 2 N–H and O–H groups in total. The number of benzene rings is 1. The smallest absolute Gasteiger partial charge is 0.199 e. The van der Waals surface area contributed by atoms with E-state index in [0.717, 1.165) is 0 Å². The summed E-state index contributed by atoms with van der Waals surface area (Å²) >= 11 is 0. The van der Waals surface area contributed by atoms with Crippen molar-refractivity contribution in [3.05, 3.63) is 23.8 Å². The van der Waals surface area contributed by atoms with E-state index in [-0.39, 0.29) is 48.2 Å². The van der Waals surface area contributed by atoms with Gasteiger partial charge in [0.15, 0.2) is 23.1 Å². The number of phenols is 2. The van der Waals surface area contributed by atoms with E-state index in [0.29, 0.717) is 18.4 Å². The summed E-state index contributed by atoms with van der Waals surface area (Å²) in [4.78, 5) is 34.4. The summed E-state index contributed by atoms with van der Waals surface area (Å²) in [6.45, 7) is 0. The zero-order chi connectivity index (χ0) is 14.7. The lowest BCUT2D eigenvalue weighted by molar-refractivity contribution is -0.141. The molecule has 1 saturated carbocycles. The summed E-state index contributed by atoms with van der Waals surface area (Å²) in [5, 5.41) is 19.0. The largest absolute Gasteiger partial charge is 0.504 e. The Morgan fingerprint density at radius 2 is 1.95 bits per heavy atom. The molecule has 0 aliphatic heterocycles. The highest BCUT2D eigenvalue weighted by Gasteiger charge is 2.30. The van der Waals surface area contributed by atoms with E-state index in [1.807, 2.05) is 0 Å². The number of para-hydroxylation sites is 1. The topological polar surface area (TPSA) is 91.7 Å². The van der Waals surface area contributed by atoms with Crippen LogP contribution in [0.3, 0.4) is 0 Å². The SMILES string of the molecule is O=C1CCC(C(=O)CCc2cccc(O)c2O)CC1=O. The fourth-order valence-corrected chi connectivity index (χ4v) is 2.40. The van der Waals surface area contributed by atoms with Gasteiger partial charge < -0.3 is 10.2 Å². The van der Waals surface area contributed by atoms with Crippen LogP contribution in [0.15, 0.2) is 18.2 Å². The molecule has 106 valence electrons. The van der Waals surface area contributed by atoms with Crippen molar-refractivity contribution in [2.45, 2.75) is 32.1 Å². The first-order chi connectivity index (χ1) is 9.49. The van der Waals surface area contributed by atoms with Gasteiger partial charge in [-0.05, 0) is 24.5 Å². The standard InChI is InChI=1S/C15H16O5/c16-11(10-5-7-12(17)14(19)8-10)6-4-9-2-1-3-13(18)15(9)20/h1-3,10,18,20H,4-8H2. The van der Waals surface area contributed by atoms with Crippen molar-refractivity contribution < 1.29 is 24.6 Å². The molecule has 1 atom stereocenters. The van der Waals surface area contributed by atoms with Crippen LogP contribution in [0.25, 0.3) is 0 Å². The third-order valence-corrected chi connectivity index (χ3v) is 3.66. The van der Waals surface area contributed by atoms with Gasteiger partial charge in [-0.3, -0.25) is 14.4 Å². The average molecular weight is 276 g/mol. The van der Waals surface area contributed by atoms with Crippen LogP contribution in [-0.2, 0) is 20.8 Å². The fourth-order valence-electron chi connectivity index (χ4n) is 2.40. The molecule has 1 aliphatic carbocycles. The maximum absolute atomic E-state index is 12.0. The number of carbonyl (C=O) groups excluding carboxylic acids is 3. The van der Waals surface area contributed by atoms with Crippen LogP contribution in [0.1, 0.15) is 31.2 Å². The second-order valence-corrected chi connectivity index (χ2v) is 5.04. The summed E-state index contributed by atoms with van der Waals surface area (Å²) in [5.74, 6) is -1.74. The molecule has 20 heavy (non-hydrogen) atoms. The molecule has 0 spiro atoms. The monoisotopic (exact) mass is 276 g/mol. The van der Waals surface area contributed by atoms with Gasteiger partial charge in [0.2, 0.25) is 0 Å². The van der Waals surface area contributed by atoms with E-state index in [9.17, 15) is 24.6 Å². The number of rotatable bonds is 4. The maximum Gasteiger partial charge on any atom is 0.199 e. The van der Waals surface area contributed by atoms with E-state index in [2.05, 4.69) is 0 Å². The van der Waals surface area contributed by atoms with Crippen LogP contribution >= 0.6 is 0 Å². The number of aromatic hydroxyl groups is 2. The number of carbonyl (C=O) groups is 3. The Balaban J connectivity index is 1.94. The number of aryl methyl sites for hydroxylation is 1. The van der Waals surface area contributed by atoms with Gasteiger partial charge in [-0.15, -0.1) is 0 Å². The van der Waals surface area contributed by atoms with Gasteiger partial charge in [-0.25, -0.2) is 0 Å². The van der Waals surface area contributed by atoms with Gasteiger partial charge in [-0.2, -0.15) is 0 Å². The summed E-state index contributed by atoms with van der Waals surface area (Å²) < 4.78 is 0. The second kappa shape index (κ2) is 5.86. The summed E-state index contributed by atoms with van der Waals surface area (Å²) in [6.07, 6.45) is 1.06. The summed E-state index contributed by atoms with van der Waals surface area (Å²) in [6, 6.07) is 4.60. The van der Waals surface area contributed by atoms with Crippen molar-refractivity contribution in [1.82, 2.24) is 0 Å². The van der Waals surface area contributed by atoms with Crippen LogP contribution in [0, 0.1) is 5.92 Å². The molecule has 0 radical (unpaired) electrons. The Morgan fingerprint density at radius 1 is 1.20 bits per heavy atom. The second-order valence-electron chi connectivity index (χ2n) is 5.04. The molecule has 5 nitrogen and oxygen atoms in total. The Bertz CT molecular complexity index is 561. The molecule has 2 rings (SSSR count). The molecule has 5 heteroatoms. The Kier molecular flexibility index (Phi) is 4.17. The van der Waals surface area contributed by atoms with Gasteiger partial charge in [0.05, 0.1) is 0 Å². The molecule has 1 unspecified atom stereocenters. The lowest BCUT2D eigenvalue weighted by Crippen LogP contribution is -2.29. The van der Waals surface area contributed by atoms with Gasteiger partial charge >= 0.3 is 0 Å². The minimum atomic E-state index is -0.463. The van der Waals surface area contributed by atoms with E-state index < -0.39 is 5.78 Å². The quantitative estimate of drug-likeness (QED) is 0.643. The Morgan fingerprint density at radius 3 is 2.65 bits per heavy atom. The maximum atomic E-state index is 12.0. The predicted molar refractivity (Wildman–Crippen MR) is 70.5 cm³/mol. The van der Waals surface area contributed by atoms with Gasteiger partial charge in [0.25, 0.3) is 0 Å². The minimum Gasteiger partial charge on any atom is -0.504 e. The molecular weight excluding hydrogens is 260 g/mol. The van der Waals surface area contributed by atoms with Crippen LogP contribution < -0.4 is 0 Å². The highest BCUT2D eigenvalue weighted by Crippen LogP contribution is 2.30. The normalized spacial score (nSPS) is 19.1. The number of hydrogen-bond acceptors (Lipinski definition) is 5. The summed E-state index contributed by atoms with van der Waals surface area (Å²) in [5.41, 5.74) is 0.497. The van der Waals surface area contributed by atoms with Gasteiger partial charge in [0.1, 0.15) is 5.78 Å². The van der Waals surface area contributed by atoms with Gasteiger partial charge in [-0.1, -0.05) is 12.1 Å². The Hall–Kier alpha value is -2.17. The molecule has 1 aromatic rings. The highest BCUT2D eigenvalue weighted by atomic mass is 16.3. The summed E-state index contributed by atoms with van der Waals surface area (Å²) in [7, 11) is 0. The van der Waals surface area contributed by atoms with Crippen molar-refractivity contribution in [2.75, 3.05) is 0 Å². The molecule has 0 saturated heterocycles. The van der Waals surface area contributed by atoms with Crippen molar-refractivity contribution in [2.24, 2.45) is 5.92 Å². The van der Waals surface area contributed by atoms with Crippen LogP contribution in [0.2, 0.25) is 0 Å². The lowest BCUT2D eigenvalue weighted by atomic mass is 9.83. The molecule has 0 heterocycles. The van der Waals surface area contributed by atoms with Crippen molar-refractivity contribution in [3.63, 3.8) is 0 Å². The first-order valence-electron chi connectivity index (χ1n) is 6.57. The van der Waals surface area contributed by atoms with E-state index in [1.54, 1.807) is 12.1 Å². The minimum absolute atomic E-state index is 0.00366. The molecule has 1 fully saturated rings. The number of phenolic OH excluding ortho intramolecular Hbond substituents is 2. The van der Waals surface area contributed by atoms with Gasteiger partial charge in [0, 0.05) is 25.2 Å². The highest BCUT2D eigenvalue weighted by molar-refractivity contribution is 6.38. The number of hydrogen-bond donors (Lipinski definition) is 2. The zero-order valence-corrected chi connectivity index (χ0v) is 11.0. The fraction of sp³-hybridized carbons (Fsp3) is 0.400. The first kappa shape index (κ1) is 14.2. The van der Waals surface area contributed by atoms with Crippen molar-refractivity contribution in [1.29, 1.82) is 0 Å². The molecule has 1 aliphatic rings. The van der Waals surface area contributed by atoms with Crippen LogP contribution in [-0.4, -0.2) is 27.6 Å². The molecule has 0 aromatic heterocycles. The van der Waals surface area contributed by atoms with Crippen LogP contribution in [0.4, 0.5) is 0 Å². The Labute approximate surface area is 116 Å². The third-order valence-electron chi connectivity index (χ3n) is 3.66. The van der Waals surface area contributed by atoms with Crippen molar-refractivity contribution >= 4 is 17.3 Å².